The van der Waals surface area contributed by atoms with Crippen LogP contribution in [0.25, 0.3) is 0 Å². The monoisotopic (exact) mass is 313 g/mol. The minimum absolute atomic E-state index is 0.0825. The molecule has 0 bridgehead atoms. The van der Waals surface area contributed by atoms with E-state index in [1.807, 2.05) is 0 Å². The third-order valence-corrected chi connectivity index (χ3v) is 4.72. The van der Waals surface area contributed by atoms with Gasteiger partial charge in [-0.3, -0.25) is 9.69 Å². The summed E-state index contributed by atoms with van der Waals surface area (Å²) in [7, 11) is 0. The van der Waals surface area contributed by atoms with Gasteiger partial charge in [-0.25, -0.2) is 4.39 Å². The molecule has 1 aliphatic heterocycles. The second-order valence-corrected chi connectivity index (χ2v) is 6.77. The molecule has 0 spiro atoms. The largest absolute Gasteiger partial charge is 0.481 e. The highest BCUT2D eigenvalue weighted by atomic mass is 35.5. The molecule has 0 radical (unpaired) electrons. The van der Waals surface area contributed by atoms with Crippen molar-refractivity contribution >= 4 is 17.6 Å². The molecule has 1 aromatic carbocycles. The SMILES string of the molecule is CC(C)(C(=O)O)C1CCCN(Cc2ccc(Cl)cc2F)C1. The molecule has 0 saturated carbocycles. The number of benzene rings is 1. The van der Waals surface area contributed by atoms with Gasteiger partial charge in [0.1, 0.15) is 5.82 Å². The maximum absolute atomic E-state index is 13.9. The van der Waals surface area contributed by atoms with E-state index in [0.29, 0.717) is 23.7 Å². The zero-order chi connectivity index (χ0) is 15.6. The van der Waals surface area contributed by atoms with Crippen LogP contribution in [0, 0.1) is 17.2 Å². The van der Waals surface area contributed by atoms with Gasteiger partial charge in [0.25, 0.3) is 0 Å². The molecule has 1 atom stereocenters. The van der Waals surface area contributed by atoms with Gasteiger partial charge in [0.05, 0.1) is 5.41 Å². The van der Waals surface area contributed by atoms with E-state index in [1.54, 1.807) is 26.0 Å². The summed E-state index contributed by atoms with van der Waals surface area (Å²) in [6.07, 6.45) is 1.84. The zero-order valence-electron chi connectivity index (χ0n) is 12.4. The normalized spacial score (nSPS) is 20.5. The first-order chi connectivity index (χ1) is 9.80. The zero-order valence-corrected chi connectivity index (χ0v) is 13.2. The standard InChI is InChI=1S/C16H21ClFNO2/c1-16(2,15(20)21)12-4-3-7-19(10-12)9-11-5-6-13(17)8-14(11)18/h5-6,8,12H,3-4,7,9-10H2,1-2H3,(H,20,21). The average molecular weight is 314 g/mol. The van der Waals surface area contributed by atoms with Crippen LogP contribution in [-0.2, 0) is 11.3 Å². The summed E-state index contributed by atoms with van der Waals surface area (Å²) in [5, 5.41) is 9.74. The third-order valence-electron chi connectivity index (χ3n) is 4.49. The number of hydrogen-bond acceptors (Lipinski definition) is 2. The Hall–Kier alpha value is -1.13. The number of hydrogen-bond donors (Lipinski definition) is 1. The molecule has 0 amide bonds. The molecule has 1 aliphatic rings. The molecule has 21 heavy (non-hydrogen) atoms. The van der Waals surface area contributed by atoms with Gasteiger partial charge in [-0.2, -0.15) is 0 Å². The molecule has 1 fully saturated rings. The molecule has 5 heteroatoms. The van der Waals surface area contributed by atoms with Crippen molar-refractivity contribution in [3.8, 4) is 0 Å². The number of piperidine rings is 1. The van der Waals surface area contributed by atoms with Crippen LogP contribution in [0.2, 0.25) is 5.02 Å². The van der Waals surface area contributed by atoms with Gasteiger partial charge >= 0.3 is 5.97 Å². The van der Waals surface area contributed by atoms with E-state index in [0.717, 1.165) is 19.4 Å². The molecule has 2 rings (SSSR count). The van der Waals surface area contributed by atoms with Gasteiger partial charge in [0, 0.05) is 23.7 Å². The number of halogens is 2. The fourth-order valence-corrected chi connectivity index (χ4v) is 3.01. The third kappa shape index (κ3) is 3.74. The first-order valence-electron chi connectivity index (χ1n) is 7.20. The minimum atomic E-state index is -0.771. The lowest BCUT2D eigenvalue weighted by atomic mass is 9.74. The Bertz CT molecular complexity index is 533. The molecule has 3 nitrogen and oxygen atoms in total. The van der Waals surface area contributed by atoms with E-state index in [4.69, 9.17) is 11.6 Å². The second kappa shape index (κ2) is 6.32. The molecule has 0 aromatic heterocycles. The molecular weight excluding hydrogens is 293 g/mol. The van der Waals surface area contributed by atoms with Gasteiger partial charge in [-0.1, -0.05) is 17.7 Å². The van der Waals surface area contributed by atoms with E-state index >= 15 is 0 Å². The van der Waals surface area contributed by atoms with E-state index in [2.05, 4.69) is 4.90 Å². The number of nitrogens with zero attached hydrogens (tertiary/aromatic N) is 1. The Balaban J connectivity index is 2.06. The van der Waals surface area contributed by atoms with Crippen molar-refractivity contribution in [3.05, 3.63) is 34.6 Å². The van der Waals surface area contributed by atoms with Crippen LogP contribution in [0.3, 0.4) is 0 Å². The van der Waals surface area contributed by atoms with Gasteiger partial charge in [-0.05, 0) is 51.3 Å². The number of carboxylic acid groups (broad SMARTS) is 1. The van der Waals surface area contributed by atoms with Crippen LogP contribution in [0.5, 0.6) is 0 Å². The van der Waals surface area contributed by atoms with Crippen LogP contribution in [0.15, 0.2) is 18.2 Å². The van der Waals surface area contributed by atoms with Gasteiger partial charge in [-0.15, -0.1) is 0 Å². The summed E-state index contributed by atoms with van der Waals surface area (Å²) in [4.78, 5) is 13.5. The predicted molar refractivity (Wildman–Crippen MR) is 80.8 cm³/mol. The molecule has 116 valence electrons. The Morgan fingerprint density at radius 2 is 2.24 bits per heavy atom. The summed E-state index contributed by atoms with van der Waals surface area (Å²) >= 11 is 5.76. The van der Waals surface area contributed by atoms with E-state index in [1.165, 1.54) is 6.07 Å². The van der Waals surface area contributed by atoms with Crippen molar-refractivity contribution < 1.29 is 14.3 Å². The van der Waals surface area contributed by atoms with Crippen LogP contribution in [-0.4, -0.2) is 29.1 Å². The molecule has 0 aliphatic carbocycles. The van der Waals surface area contributed by atoms with Crippen LogP contribution in [0.1, 0.15) is 32.3 Å². The Morgan fingerprint density at radius 3 is 2.86 bits per heavy atom. The van der Waals surface area contributed by atoms with Crippen molar-refractivity contribution in [1.82, 2.24) is 4.90 Å². The van der Waals surface area contributed by atoms with E-state index in [9.17, 15) is 14.3 Å². The Morgan fingerprint density at radius 1 is 1.52 bits per heavy atom. The van der Waals surface area contributed by atoms with Crippen molar-refractivity contribution in [1.29, 1.82) is 0 Å². The smallest absolute Gasteiger partial charge is 0.309 e. The fourth-order valence-electron chi connectivity index (χ4n) is 2.85. The van der Waals surface area contributed by atoms with Crippen molar-refractivity contribution in [2.24, 2.45) is 11.3 Å². The summed E-state index contributed by atoms with van der Waals surface area (Å²) in [6.45, 7) is 5.59. The van der Waals surface area contributed by atoms with E-state index < -0.39 is 11.4 Å². The Labute approximate surface area is 129 Å². The van der Waals surface area contributed by atoms with Crippen molar-refractivity contribution in [3.63, 3.8) is 0 Å². The van der Waals surface area contributed by atoms with Crippen LogP contribution < -0.4 is 0 Å². The van der Waals surface area contributed by atoms with Crippen LogP contribution in [0.4, 0.5) is 4.39 Å². The maximum Gasteiger partial charge on any atom is 0.309 e. The highest BCUT2D eigenvalue weighted by Gasteiger charge is 2.39. The summed E-state index contributed by atoms with van der Waals surface area (Å²) in [5.74, 6) is -0.992. The second-order valence-electron chi connectivity index (χ2n) is 6.34. The molecule has 1 aromatic rings. The number of rotatable bonds is 4. The summed E-state index contributed by atoms with van der Waals surface area (Å²) < 4.78 is 13.9. The minimum Gasteiger partial charge on any atom is -0.481 e. The molecule has 1 saturated heterocycles. The molecule has 1 N–H and O–H groups in total. The predicted octanol–water partition coefficient (Wildman–Crippen LogP) is 3.80. The Kier molecular flexibility index (Phi) is 4.89. The summed E-state index contributed by atoms with van der Waals surface area (Å²) in [6, 6.07) is 4.70. The quantitative estimate of drug-likeness (QED) is 0.919. The van der Waals surface area contributed by atoms with Gasteiger partial charge in [0.2, 0.25) is 0 Å². The summed E-state index contributed by atoms with van der Waals surface area (Å²) in [5.41, 5.74) is -0.148. The molecule has 1 heterocycles. The number of likely N-dealkylation sites (tertiary alicyclic amines) is 1. The lowest BCUT2D eigenvalue weighted by Crippen LogP contribution is -2.44. The van der Waals surface area contributed by atoms with E-state index in [-0.39, 0.29) is 11.7 Å². The highest BCUT2D eigenvalue weighted by Crippen LogP contribution is 2.34. The molecular formula is C16H21ClFNO2. The first-order valence-corrected chi connectivity index (χ1v) is 7.58. The number of carbonyl (C=O) groups is 1. The van der Waals surface area contributed by atoms with Gasteiger partial charge < -0.3 is 5.11 Å². The van der Waals surface area contributed by atoms with Crippen molar-refractivity contribution in [2.45, 2.75) is 33.2 Å². The lowest BCUT2D eigenvalue weighted by molar-refractivity contribution is -0.151. The number of carboxylic acids is 1. The lowest BCUT2D eigenvalue weighted by Gasteiger charge is -2.39. The van der Waals surface area contributed by atoms with Crippen molar-refractivity contribution in [2.75, 3.05) is 13.1 Å². The van der Waals surface area contributed by atoms with Crippen LogP contribution >= 0.6 is 11.6 Å². The maximum atomic E-state index is 13.9. The first kappa shape index (κ1) is 16.2. The van der Waals surface area contributed by atoms with Gasteiger partial charge in [0.15, 0.2) is 0 Å². The average Bonchev–Trinajstić information content (AvgIpc) is 2.42. The highest BCUT2D eigenvalue weighted by molar-refractivity contribution is 6.30. The fraction of sp³-hybridized carbons (Fsp3) is 0.562. The topological polar surface area (TPSA) is 40.5 Å². The number of aliphatic carboxylic acids is 1. The molecule has 1 unspecified atom stereocenters.